The van der Waals surface area contributed by atoms with Crippen molar-refractivity contribution >= 4 is 27.5 Å². The Balaban J connectivity index is 1.55. The van der Waals surface area contributed by atoms with Crippen molar-refractivity contribution in [1.82, 2.24) is 4.90 Å². The van der Waals surface area contributed by atoms with Crippen LogP contribution in [0.4, 0.5) is 0 Å². The van der Waals surface area contributed by atoms with Crippen LogP contribution in [0.15, 0.2) is 46.9 Å². The number of hydrogen-bond acceptors (Lipinski definition) is 5. The Hall–Kier alpha value is -1.31. The van der Waals surface area contributed by atoms with Crippen LogP contribution in [0, 0.1) is 0 Å². The molecule has 1 fully saturated rings. The minimum Gasteiger partial charge on any atom is -0.494 e. The molecule has 0 saturated carbocycles. The van der Waals surface area contributed by atoms with Gasteiger partial charge in [0.25, 0.3) is 0 Å². The average molecular weight is 527 g/mol. The highest BCUT2D eigenvalue weighted by molar-refractivity contribution is 9.10. The van der Waals surface area contributed by atoms with Crippen molar-refractivity contribution in [3.8, 4) is 11.5 Å². The lowest BCUT2D eigenvalue weighted by molar-refractivity contribution is 0.0358. The van der Waals surface area contributed by atoms with Gasteiger partial charge in [-0.2, -0.15) is 0 Å². The second-order valence-electron chi connectivity index (χ2n) is 8.57. The van der Waals surface area contributed by atoms with Gasteiger partial charge < -0.3 is 19.3 Å². The quantitative estimate of drug-likeness (QED) is 0.335. The smallest absolute Gasteiger partial charge is 0.133 e. The van der Waals surface area contributed by atoms with Gasteiger partial charge in [-0.1, -0.05) is 32.0 Å². The van der Waals surface area contributed by atoms with Crippen molar-refractivity contribution in [3.63, 3.8) is 0 Å². The van der Waals surface area contributed by atoms with Crippen LogP contribution in [-0.2, 0) is 10.2 Å². The third kappa shape index (κ3) is 7.09. The highest BCUT2D eigenvalue weighted by Crippen LogP contribution is 2.36. The molecule has 1 unspecified atom stereocenters. The van der Waals surface area contributed by atoms with E-state index < -0.39 is 6.10 Å². The van der Waals surface area contributed by atoms with E-state index in [-0.39, 0.29) is 17.9 Å². The first-order valence-electron chi connectivity index (χ1n) is 11.1. The SMILES string of the molecule is CC(C)(c1ccc(OCCCN2CCOCC2)cc1)c1ccc(OCC(O)CCl)c(Br)c1. The molecule has 7 heteroatoms. The van der Waals surface area contributed by atoms with Gasteiger partial charge in [-0.15, -0.1) is 11.6 Å². The summed E-state index contributed by atoms with van der Waals surface area (Å²) in [7, 11) is 0. The number of aliphatic hydroxyl groups is 1. The first-order chi connectivity index (χ1) is 15.4. The first-order valence-corrected chi connectivity index (χ1v) is 12.4. The molecule has 5 nitrogen and oxygen atoms in total. The Morgan fingerprint density at radius 3 is 2.44 bits per heavy atom. The van der Waals surface area contributed by atoms with Crippen molar-refractivity contribution in [2.24, 2.45) is 0 Å². The number of benzene rings is 2. The van der Waals surface area contributed by atoms with Gasteiger partial charge in [0.1, 0.15) is 24.2 Å². The maximum atomic E-state index is 9.60. The normalized spacial score (nSPS) is 16.0. The largest absolute Gasteiger partial charge is 0.494 e. The fourth-order valence-corrected chi connectivity index (χ4v) is 4.26. The van der Waals surface area contributed by atoms with Crippen LogP contribution in [0.1, 0.15) is 31.4 Å². The molecule has 1 atom stereocenters. The van der Waals surface area contributed by atoms with Gasteiger partial charge in [0.05, 0.1) is 30.2 Å². The summed E-state index contributed by atoms with van der Waals surface area (Å²) in [6.07, 6.45) is 0.331. The summed E-state index contributed by atoms with van der Waals surface area (Å²) >= 11 is 9.22. The molecule has 1 saturated heterocycles. The van der Waals surface area contributed by atoms with Gasteiger partial charge in [-0.05, 0) is 57.7 Å². The average Bonchev–Trinajstić information content (AvgIpc) is 2.81. The molecule has 1 heterocycles. The Bertz CT molecular complexity index is 840. The molecule has 3 rings (SSSR count). The Kier molecular flexibility index (Phi) is 9.68. The van der Waals surface area contributed by atoms with Crippen LogP contribution in [-0.4, -0.2) is 68.1 Å². The Morgan fingerprint density at radius 2 is 1.78 bits per heavy atom. The number of halogens is 2. The Labute approximate surface area is 204 Å². The highest BCUT2D eigenvalue weighted by Gasteiger charge is 2.24. The summed E-state index contributed by atoms with van der Waals surface area (Å²) < 4.78 is 17.8. The summed E-state index contributed by atoms with van der Waals surface area (Å²) in [6, 6.07) is 14.4. The fraction of sp³-hybridized carbons (Fsp3) is 0.520. The van der Waals surface area contributed by atoms with Crippen molar-refractivity contribution in [2.75, 3.05) is 51.9 Å². The second-order valence-corrected chi connectivity index (χ2v) is 9.73. The lowest BCUT2D eigenvalue weighted by Gasteiger charge is -2.27. The standard InChI is InChI=1S/C25H33BrClNO4/c1-25(2,20-6-9-24(23(26)16-20)32-18-21(29)17-27)19-4-7-22(8-5-19)31-13-3-10-28-11-14-30-15-12-28/h4-9,16,21,29H,3,10-15,17-18H2,1-2H3. The summed E-state index contributed by atoms with van der Waals surface area (Å²) in [6.45, 7) is 10.0. The monoisotopic (exact) mass is 525 g/mol. The highest BCUT2D eigenvalue weighted by atomic mass is 79.9. The van der Waals surface area contributed by atoms with E-state index in [1.54, 1.807) is 0 Å². The van der Waals surface area contributed by atoms with Gasteiger partial charge in [0.15, 0.2) is 0 Å². The van der Waals surface area contributed by atoms with Gasteiger partial charge in [-0.25, -0.2) is 0 Å². The van der Waals surface area contributed by atoms with E-state index in [0.29, 0.717) is 12.4 Å². The molecule has 0 amide bonds. The van der Waals surface area contributed by atoms with E-state index in [1.165, 1.54) is 5.56 Å². The maximum Gasteiger partial charge on any atom is 0.133 e. The van der Waals surface area contributed by atoms with Gasteiger partial charge in [-0.3, -0.25) is 4.90 Å². The van der Waals surface area contributed by atoms with Gasteiger partial charge in [0.2, 0.25) is 0 Å². The fourth-order valence-electron chi connectivity index (χ4n) is 3.67. The predicted molar refractivity (Wildman–Crippen MR) is 132 cm³/mol. The molecule has 1 aliphatic rings. The van der Waals surface area contributed by atoms with E-state index in [4.69, 9.17) is 25.8 Å². The number of aliphatic hydroxyl groups excluding tert-OH is 1. The minimum absolute atomic E-state index is 0.149. The lowest BCUT2D eigenvalue weighted by Crippen LogP contribution is -2.37. The van der Waals surface area contributed by atoms with Crippen LogP contribution in [0.2, 0.25) is 0 Å². The van der Waals surface area contributed by atoms with E-state index in [1.807, 2.05) is 18.2 Å². The summed E-state index contributed by atoms with van der Waals surface area (Å²) in [5, 5.41) is 9.60. The van der Waals surface area contributed by atoms with E-state index in [2.05, 4.69) is 58.9 Å². The number of hydrogen-bond donors (Lipinski definition) is 1. The zero-order chi connectivity index (χ0) is 23.0. The maximum absolute atomic E-state index is 9.60. The molecule has 2 aromatic carbocycles. The molecule has 0 aliphatic carbocycles. The minimum atomic E-state index is -0.681. The Morgan fingerprint density at radius 1 is 1.09 bits per heavy atom. The molecule has 1 aliphatic heterocycles. The molecule has 0 bridgehead atoms. The number of ether oxygens (including phenoxy) is 3. The molecule has 0 radical (unpaired) electrons. The van der Waals surface area contributed by atoms with Crippen molar-refractivity contribution in [3.05, 3.63) is 58.1 Å². The van der Waals surface area contributed by atoms with Crippen LogP contribution < -0.4 is 9.47 Å². The third-order valence-corrected chi connectivity index (χ3v) is 6.81. The molecule has 0 aromatic heterocycles. The van der Waals surface area contributed by atoms with Crippen molar-refractivity contribution < 1.29 is 19.3 Å². The van der Waals surface area contributed by atoms with E-state index in [9.17, 15) is 5.11 Å². The third-order valence-electron chi connectivity index (χ3n) is 5.83. The number of nitrogens with zero attached hydrogens (tertiary/aromatic N) is 1. The molecule has 0 spiro atoms. The number of rotatable bonds is 11. The second kappa shape index (κ2) is 12.2. The van der Waals surface area contributed by atoms with E-state index in [0.717, 1.165) is 55.1 Å². The molecule has 2 aromatic rings. The van der Waals surface area contributed by atoms with Crippen LogP contribution in [0.25, 0.3) is 0 Å². The molecule has 176 valence electrons. The predicted octanol–water partition coefficient (Wildman–Crippen LogP) is 4.85. The first kappa shape index (κ1) is 25.3. The topological polar surface area (TPSA) is 51.2 Å². The molecule has 32 heavy (non-hydrogen) atoms. The zero-order valence-corrected chi connectivity index (χ0v) is 21.2. The number of morpholine rings is 1. The molecular weight excluding hydrogens is 494 g/mol. The van der Waals surface area contributed by atoms with Crippen LogP contribution >= 0.6 is 27.5 Å². The zero-order valence-electron chi connectivity index (χ0n) is 18.9. The van der Waals surface area contributed by atoms with Crippen molar-refractivity contribution in [1.29, 1.82) is 0 Å². The van der Waals surface area contributed by atoms with Crippen LogP contribution in [0.3, 0.4) is 0 Å². The van der Waals surface area contributed by atoms with Crippen molar-refractivity contribution in [2.45, 2.75) is 31.8 Å². The summed E-state index contributed by atoms with van der Waals surface area (Å²) in [5.41, 5.74) is 2.18. The van der Waals surface area contributed by atoms with E-state index >= 15 is 0 Å². The lowest BCUT2D eigenvalue weighted by atomic mass is 9.78. The van der Waals surface area contributed by atoms with Gasteiger partial charge in [0, 0.05) is 25.0 Å². The molecular formula is C25H33BrClNO4. The van der Waals surface area contributed by atoms with Crippen LogP contribution in [0.5, 0.6) is 11.5 Å². The van der Waals surface area contributed by atoms with Gasteiger partial charge >= 0.3 is 0 Å². The molecule has 1 N–H and O–H groups in total. The number of alkyl halides is 1. The summed E-state index contributed by atoms with van der Waals surface area (Å²) in [4.78, 5) is 2.42. The summed E-state index contributed by atoms with van der Waals surface area (Å²) in [5.74, 6) is 1.74.